The number of rotatable bonds is 6. The summed E-state index contributed by atoms with van der Waals surface area (Å²) in [5.41, 5.74) is 0.839. The highest BCUT2D eigenvalue weighted by Gasteiger charge is 2.12. The minimum absolute atomic E-state index is 0.00399. The first-order valence-electron chi connectivity index (χ1n) is 6.62. The molecule has 0 saturated carbocycles. The zero-order valence-electron chi connectivity index (χ0n) is 11.8. The van der Waals surface area contributed by atoms with Gasteiger partial charge in [0.15, 0.2) is 0 Å². The highest BCUT2D eigenvalue weighted by molar-refractivity contribution is 7.11. The Morgan fingerprint density at radius 3 is 2.86 bits per heavy atom. The molecule has 7 heteroatoms. The average molecular weight is 326 g/mol. The van der Waals surface area contributed by atoms with Crippen molar-refractivity contribution in [2.45, 2.75) is 32.9 Å². The minimum atomic E-state index is -0.451. The molecule has 0 radical (unpaired) electrons. The summed E-state index contributed by atoms with van der Waals surface area (Å²) in [7, 11) is 0. The lowest BCUT2D eigenvalue weighted by molar-refractivity contribution is -0.384. The van der Waals surface area contributed by atoms with E-state index in [4.69, 9.17) is 11.6 Å². The van der Waals surface area contributed by atoms with Gasteiger partial charge in [-0.05, 0) is 25.0 Å². The second-order valence-corrected chi connectivity index (χ2v) is 6.21. The van der Waals surface area contributed by atoms with Gasteiger partial charge in [0.25, 0.3) is 5.69 Å². The van der Waals surface area contributed by atoms with Crippen LogP contribution in [0.5, 0.6) is 0 Å². The lowest BCUT2D eigenvalue weighted by atomic mass is 10.2. The molecule has 1 aromatic heterocycles. The van der Waals surface area contributed by atoms with Gasteiger partial charge in [0.05, 0.1) is 16.0 Å². The quantitative estimate of drug-likeness (QED) is 0.640. The maximum Gasteiger partial charge on any atom is 0.270 e. The van der Waals surface area contributed by atoms with Crippen molar-refractivity contribution in [3.05, 3.63) is 55.0 Å². The zero-order valence-corrected chi connectivity index (χ0v) is 13.4. The number of non-ortho nitro benzene ring substituents is 1. The average Bonchev–Trinajstić information content (AvgIpc) is 2.94. The van der Waals surface area contributed by atoms with E-state index in [1.54, 1.807) is 17.4 Å². The summed E-state index contributed by atoms with van der Waals surface area (Å²) >= 11 is 7.76. The van der Waals surface area contributed by atoms with E-state index >= 15 is 0 Å². The Morgan fingerprint density at radius 2 is 2.29 bits per heavy atom. The molecule has 0 aliphatic heterocycles. The van der Waals surface area contributed by atoms with Gasteiger partial charge in [-0.25, -0.2) is 4.98 Å². The van der Waals surface area contributed by atoms with Crippen LogP contribution in [-0.2, 0) is 13.0 Å². The minimum Gasteiger partial charge on any atom is -0.304 e. The van der Waals surface area contributed by atoms with E-state index in [1.165, 1.54) is 17.0 Å². The van der Waals surface area contributed by atoms with Crippen molar-refractivity contribution in [1.29, 1.82) is 0 Å². The fraction of sp³-hybridized carbons (Fsp3) is 0.357. The Hall–Kier alpha value is -1.50. The number of aryl methyl sites for hydroxylation is 1. The lowest BCUT2D eigenvalue weighted by Gasteiger charge is -2.12. The van der Waals surface area contributed by atoms with Crippen molar-refractivity contribution >= 4 is 28.6 Å². The molecule has 1 heterocycles. The number of nitrogens with one attached hydrogen (secondary N) is 1. The van der Waals surface area contributed by atoms with E-state index in [0.717, 1.165) is 17.0 Å². The summed E-state index contributed by atoms with van der Waals surface area (Å²) < 4.78 is 0. The van der Waals surface area contributed by atoms with Gasteiger partial charge in [-0.15, -0.1) is 11.3 Å². The van der Waals surface area contributed by atoms with Crippen molar-refractivity contribution in [3.8, 4) is 0 Å². The molecule has 1 atom stereocenters. The molecule has 21 heavy (non-hydrogen) atoms. The highest BCUT2D eigenvalue weighted by atomic mass is 35.5. The molecule has 0 aliphatic carbocycles. The summed E-state index contributed by atoms with van der Waals surface area (Å²) in [5, 5.41) is 15.4. The molecule has 2 rings (SSSR count). The molecule has 5 nitrogen and oxygen atoms in total. The van der Waals surface area contributed by atoms with Crippen molar-refractivity contribution in [2.24, 2.45) is 0 Å². The van der Waals surface area contributed by atoms with Gasteiger partial charge in [0.1, 0.15) is 5.01 Å². The van der Waals surface area contributed by atoms with Crippen molar-refractivity contribution in [3.63, 3.8) is 0 Å². The molecular weight excluding hydrogens is 310 g/mol. The van der Waals surface area contributed by atoms with Crippen LogP contribution in [0.25, 0.3) is 0 Å². The molecule has 0 bridgehead atoms. The Morgan fingerprint density at radius 1 is 1.52 bits per heavy atom. The van der Waals surface area contributed by atoms with Crippen LogP contribution in [0.1, 0.15) is 35.3 Å². The third kappa shape index (κ3) is 4.00. The van der Waals surface area contributed by atoms with Crippen LogP contribution in [0.4, 0.5) is 5.69 Å². The smallest absolute Gasteiger partial charge is 0.270 e. The van der Waals surface area contributed by atoms with Gasteiger partial charge < -0.3 is 5.32 Å². The van der Waals surface area contributed by atoms with E-state index in [2.05, 4.69) is 17.2 Å². The van der Waals surface area contributed by atoms with Crippen LogP contribution in [-0.4, -0.2) is 9.91 Å². The Labute approximate surface area is 132 Å². The number of hydrogen-bond donors (Lipinski definition) is 1. The summed E-state index contributed by atoms with van der Waals surface area (Å²) in [6.45, 7) is 4.68. The van der Waals surface area contributed by atoms with E-state index in [1.807, 2.05) is 13.1 Å². The van der Waals surface area contributed by atoms with Crippen LogP contribution in [0, 0.1) is 10.1 Å². The lowest BCUT2D eigenvalue weighted by Crippen LogP contribution is -2.18. The second-order valence-electron chi connectivity index (χ2n) is 4.65. The molecule has 2 aromatic rings. The number of nitro groups is 1. The van der Waals surface area contributed by atoms with Crippen LogP contribution >= 0.6 is 22.9 Å². The molecule has 0 aliphatic rings. The van der Waals surface area contributed by atoms with Crippen molar-refractivity contribution in [2.75, 3.05) is 0 Å². The Balaban J connectivity index is 2.00. The molecule has 0 saturated heterocycles. The SMILES string of the molecule is CCc1cnc(C(C)NCc2ccc([N+](=O)[O-])cc2Cl)s1. The summed E-state index contributed by atoms with van der Waals surface area (Å²) in [6.07, 6.45) is 2.88. The van der Waals surface area contributed by atoms with E-state index in [0.29, 0.717) is 11.6 Å². The fourth-order valence-corrected chi connectivity index (χ4v) is 2.96. The molecule has 0 amide bonds. The highest BCUT2D eigenvalue weighted by Crippen LogP contribution is 2.24. The molecule has 1 N–H and O–H groups in total. The number of thiazole rings is 1. The van der Waals surface area contributed by atoms with Gasteiger partial charge in [-0.3, -0.25) is 10.1 Å². The monoisotopic (exact) mass is 325 g/mol. The molecule has 0 spiro atoms. The van der Waals surface area contributed by atoms with Crippen molar-refractivity contribution in [1.82, 2.24) is 10.3 Å². The van der Waals surface area contributed by atoms with E-state index in [9.17, 15) is 10.1 Å². The Kier molecular flexibility index (Phi) is 5.27. The van der Waals surface area contributed by atoms with Crippen LogP contribution in [0.3, 0.4) is 0 Å². The maximum absolute atomic E-state index is 10.7. The first-order valence-corrected chi connectivity index (χ1v) is 7.81. The molecule has 1 unspecified atom stereocenters. The number of nitrogens with zero attached hydrogens (tertiary/aromatic N) is 2. The molecular formula is C14H16ClN3O2S. The predicted octanol–water partition coefficient (Wildman–Crippen LogP) is 4.12. The molecule has 1 aromatic carbocycles. The molecule has 0 fully saturated rings. The van der Waals surface area contributed by atoms with Crippen LogP contribution < -0.4 is 5.32 Å². The van der Waals surface area contributed by atoms with Gasteiger partial charge >= 0.3 is 0 Å². The van der Waals surface area contributed by atoms with E-state index in [-0.39, 0.29) is 11.7 Å². The number of hydrogen-bond acceptors (Lipinski definition) is 5. The largest absolute Gasteiger partial charge is 0.304 e. The zero-order chi connectivity index (χ0) is 15.4. The number of benzene rings is 1. The number of halogens is 1. The second kappa shape index (κ2) is 6.98. The van der Waals surface area contributed by atoms with Crippen molar-refractivity contribution < 1.29 is 4.92 Å². The first kappa shape index (κ1) is 15.9. The van der Waals surface area contributed by atoms with Gasteiger partial charge in [0.2, 0.25) is 0 Å². The van der Waals surface area contributed by atoms with Gasteiger partial charge in [0, 0.05) is 29.8 Å². The molecule has 112 valence electrons. The number of nitro benzene ring substituents is 1. The summed E-state index contributed by atoms with van der Waals surface area (Å²) in [4.78, 5) is 15.9. The number of aromatic nitrogens is 1. The van der Waals surface area contributed by atoms with Gasteiger partial charge in [-0.1, -0.05) is 18.5 Å². The summed E-state index contributed by atoms with van der Waals surface area (Å²) in [6, 6.07) is 4.63. The fourth-order valence-electron chi connectivity index (χ4n) is 1.83. The first-order chi connectivity index (χ1) is 10.0. The van der Waals surface area contributed by atoms with E-state index < -0.39 is 4.92 Å². The summed E-state index contributed by atoms with van der Waals surface area (Å²) in [5.74, 6) is 0. The van der Waals surface area contributed by atoms with Crippen LogP contribution in [0.15, 0.2) is 24.4 Å². The van der Waals surface area contributed by atoms with Crippen LogP contribution in [0.2, 0.25) is 5.02 Å². The third-order valence-corrected chi connectivity index (χ3v) is 4.81. The van der Waals surface area contributed by atoms with Gasteiger partial charge in [-0.2, -0.15) is 0 Å². The topological polar surface area (TPSA) is 68.1 Å². The predicted molar refractivity (Wildman–Crippen MR) is 84.9 cm³/mol. The normalized spacial score (nSPS) is 12.3. The standard InChI is InChI=1S/C14H16ClN3O2S/c1-3-12-8-17-14(21-12)9(2)16-7-10-4-5-11(18(19)20)6-13(10)15/h4-6,8-9,16H,3,7H2,1-2H3. The maximum atomic E-state index is 10.7. The Bertz CT molecular complexity index is 645. The third-order valence-electron chi connectivity index (χ3n) is 3.14.